The summed E-state index contributed by atoms with van der Waals surface area (Å²) in [6, 6.07) is 0. The van der Waals surface area contributed by atoms with Crippen LogP contribution in [0.5, 0.6) is 0 Å². The van der Waals surface area contributed by atoms with Crippen LogP contribution in [0.25, 0.3) is 0 Å². The number of thioether (sulfide) groups is 1. The molecule has 0 unspecified atom stereocenters. The summed E-state index contributed by atoms with van der Waals surface area (Å²) in [6.45, 7) is 0. The van der Waals surface area contributed by atoms with Crippen molar-refractivity contribution in [1.82, 2.24) is 0 Å². The van der Waals surface area contributed by atoms with E-state index in [2.05, 4.69) is 0 Å². The van der Waals surface area contributed by atoms with Gasteiger partial charge in [-0.1, -0.05) is 17.8 Å². The van der Waals surface area contributed by atoms with E-state index in [-0.39, 0.29) is 5.75 Å². The van der Waals surface area contributed by atoms with Gasteiger partial charge >= 0.3 is 5.97 Å². The Morgan fingerprint density at radius 2 is 2.30 bits per heavy atom. The lowest BCUT2D eigenvalue weighted by atomic mass is 10.5. The van der Waals surface area contributed by atoms with Crippen molar-refractivity contribution in [2.24, 2.45) is 0 Å². The zero-order valence-electron chi connectivity index (χ0n) is 4.96. The molecule has 0 amide bonds. The summed E-state index contributed by atoms with van der Waals surface area (Å²) < 4.78 is 22.7. The molecule has 0 aliphatic heterocycles. The van der Waals surface area contributed by atoms with Crippen LogP contribution in [0, 0.1) is 0 Å². The predicted octanol–water partition coefficient (Wildman–Crippen LogP) is 1.58. The third-order valence-corrected chi connectivity index (χ3v) is 1.22. The van der Waals surface area contributed by atoms with Crippen molar-refractivity contribution in [2.75, 3.05) is 5.75 Å². The number of aliphatic carboxylic acids is 1. The molecule has 0 fully saturated rings. The molecule has 0 atom stereocenters. The van der Waals surface area contributed by atoms with Crippen molar-refractivity contribution < 1.29 is 18.7 Å². The highest BCUT2D eigenvalue weighted by molar-refractivity contribution is 7.99. The Labute approximate surface area is 60.9 Å². The third kappa shape index (κ3) is 7.42. The first-order valence-corrected chi connectivity index (χ1v) is 3.47. The predicted molar refractivity (Wildman–Crippen MR) is 35.2 cm³/mol. The van der Waals surface area contributed by atoms with Gasteiger partial charge in [0.25, 0.3) is 5.76 Å². The van der Waals surface area contributed by atoms with Gasteiger partial charge in [0, 0.05) is 11.8 Å². The van der Waals surface area contributed by atoms with E-state index in [1.54, 1.807) is 0 Å². The SMILES string of the molecule is O=C(O)/C=C/CSC(F)F. The minimum atomic E-state index is -2.43. The van der Waals surface area contributed by atoms with Gasteiger partial charge in [0.2, 0.25) is 0 Å². The van der Waals surface area contributed by atoms with Crippen molar-refractivity contribution in [3.8, 4) is 0 Å². The Bertz CT molecular complexity index is 136. The molecular formula is C5H6F2O2S. The number of carboxylic acid groups (broad SMARTS) is 1. The van der Waals surface area contributed by atoms with Crippen LogP contribution in [0.1, 0.15) is 0 Å². The molecule has 2 nitrogen and oxygen atoms in total. The summed E-state index contributed by atoms with van der Waals surface area (Å²) in [5, 5.41) is 8.00. The monoisotopic (exact) mass is 168 g/mol. The van der Waals surface area contributed by atoms with Gasteiger partial charge in [-0.15, -0.1) is 0 Å². The Kier molecular flexibility index (Phi) is 4.92. The number of carboxylic acids is 1. The molecule has 0 saturated carbocycles. The molecule has 0 aliphatic carbocycles. The van der Waals surface area contributed by atoms with Gasteiger partial charge in [0.15, 0.2) is 0 Å². The minimum absolute atomic E-state index is 0.0317. The summed E-state index contributed by atoms with van der Waals surface area (Å²) >= 11 is 0.390. The molecule has 1 N–H and O–H groups in total. The van der Waals surface area contributed by atoms with Gasteiger partial charge in [0.1, 0.15) is 0 Å². The highest BCUT2D eigenvalue weighted by Gasteiger charge is 1.98. The number of rotatable bonds is 4. The number of halogens is 2. The number of carbonyl (C=O) groups is 1. The molecule has 0 saturated heterocycles. The molecular weight excluding hydrogens is 162 g/mol. The molecule has 10 heavy (non-hydrogen) atoms. The van der Waals surface area contributed by atoms with Crippen molar-refractivity contribution >= 4 is 17.7 Å². The van der Waals surface area contributed by atoms with E-state index in [0.29, 0.717) is 11.8 Å². The summed E-state index contributed by atoms with van der Waals surface area (Å²) in [5.74, 6) is -3.52. The average molecular weight is 168 g/mol. The van der Waals surface area contributed by atoms with Crippen molar-refractivity contribution in [3.63, 3.8) is 0 Å². The minimum Gasteiger partial charge on any atom is -0.478 e. The van der Waals surface area contributed by atoms with Crippen LogP contribution in [0.2, 0.25) is 0 Å². The summed E-state index contributed by atoms with van der Waals surface area (Å²) in [6.07, 6.45) is 2.02. The first kappa shape index (κ1) is 9.42. The average Bonchev–Trinajstić information content (AvgIpc) is 1.79. The fourth-order valence-corrected chi connectivity index (χ4v) is 0.630. The van der Waals surface area contributed by atoms with Gasteiger partial charge in [-0.25, -0.2) is 4.79 Å². The standard InChI is InChI=1S/C5H6F2O2S/c6-5(7)10-3-1-2-4(8)9/h1-2,5H,3H2,(H,8,9)/b2-1+. The second kappa shape index (κ2) is 5.22. The van der Waals surface area contributed by atoms with Crippen molar-refractivity contribution in [2.45, 2.75) is 5.76 Å². The second-order valence-corrected chi connectivity index (χ2v) is 2.36. The zero-order chi connectivity index (χ0) is 7.98. The molecule has 0 bridgehead atoms. The van der Waals surface area contributed by atoms with E-state index >= 15 is 0 Å². The topological polar surface area (TPSA) is 37.3 Å². The number of hydrogen-bond donors (Lipinski definition) is 1. The third-order valence-electron chi connectivity index (χ3n) is 0.579. The van der Waals surface area contributed by atoms with E-state index in [0.717, 1.165) is 6.08 Å². The van der Waals surface area contributed by atoms with Crippen LogP contribution >= 0.6 is 11.8 Å². The normalized spacial score (nSPS) is 11.1. The molecule has 0 heterocycles. The molecule has 0 rings (SSSR count). The number of alkyl halides is 2. The highest BCUT2D eigenvalue weighted by Crippen LogP contribution is 2.12. The van der Waals surface area contributed by atoms with Crippen LogP contribution in [0.3, 0.4) is 0 Å². The Hall–Kier alpha value is -0.580. The maximum atomic E-state index is 11.3. The van der Waals surface area contributed by atoms with E-state index < -0.39 is 11.7 Å². The second-order valence-electron chi connectivity index (χ2n) is 1.33. The Morgan fingerprint density at radius 3 is 2.70 bits per heavy atom. The van der Waals surface area contributed by atoms with E-state index in [4.69, 9.17) is 5.11 Å². The molecule has 0 spiro atoms. The molecule has 0 radical (unpaired) electrons. The number of hydrogen-bond acceptors (Lipinski definition) is 2. The van der Waals surface area contributed by atoms with Crippen LogP contribution in [0.4, 0.5) is 8.78 Å². The molecule has 0 aromatic carbocycles. The summed E-state index contributed by atoms with van der Waals surface area (Å²) in [5.41, 5.74) is 0. The molecule has 0 aliphatic rings. The molecule has 58 valence electrons. The van der Waals surface area contributed by atoms with Crippen molar-refractivity contribution in [3.05, 3.63) is 12.2 Å². The van der Waals surface area contributed by atoms with E-state index in [1.165, 1.54) is 6.08 Å². The molecule has 5 heteroatoms. The van der Waals surface area contributed by atoms with Gasteiger partial charge in [-0.3, -0.25) is 0 Å². The van der Waals surface area contributed by atoms with Gasteiger partial charge in [-0.05, 0) is 0 Å². The summed E-state index contributed by atoms with van der Waals surface area (Å²) in [7, 11) is 0. The Morgan fingerprint density at radius 1 is 1.70 bits per heavy atom. The smallest absolute Gasteiger partial charge is 0.328 e. The van der Waals surface area contributed by atoms with Crippen LogP contribution in [-0.4, -0.2) is 22.6 Å². The van der Waals surface area contributed by atoms with Crippen molar-refractivity contribution in [1.29, 1.82) is 0 Å². The van der Waals surface area contributed by atoms with Crippen LogP contribution < -0.4 is 0 Å². The lowest BCUT2D eigenvalue weighted by molar-refractivity contribution is -0.131. The maximum Gasteiger partial charge on any atom is 0.328 e. The maximum absolute atomic E-state index is 11.3. The first-order chi connectivity index (χ1) is 4.63. The fourth-order valence-electron chi connectivity index (χ4n) is 0.277. The molecule has 0 aromatic heterocycles. The van der Waals surface area contributed by atoms with Gasteiger partial charge in [-0.2, -0.15) is 8.78 Å². The van der Waals surface area contributed by atoms with E-state index in [1.807, 2.05) is 0 Å². The molecule has 0 aromatic rings. The van der Waals surface area contributed by atoms with Gasteiger partial charge < -0.3 is 5.11 Å². The van der Waals surface area contributed by atoms with Crippen LogP contribution in [-0.2, 0) is 4.79 Å². The zero-order valence-corrected chi connectivity index (χ0v) is 5.78. The lowest BCUT2D eigenvalue weighted by Gasteiger charge is -1.90. The largest absolute Gasteiger partial charge is 0.478 e. The fraction of sp³-hybridized carbons (Fsp3) is 0.400. The summed E-state index contributed by atoms with van der Waals surface area (Å²) in [4.78, 5) is 9.76. The lowest BCUT2D eigenvalue weighted by Crippen LogP contribution is -1.87. The van der Waals surface area contributed by atoms with E-state index in [9.17, 15) is 13.6 Å². The van der Waals surface area contributed by atoms with Gasteiger partial charge in [0.05, 0.1) is 0 Å². The first-order valence-electron chi connectivity index (χ1n) is 2.42. The highest BCUT2D eigenvalue weighted by atomic mass is 32.2. The Balaban J connectivity index is 3.27. The quantitative estimate of drug-likeness (QED) is 0.647. The van der Waals surface area contributed by atoms with Crippen LogP contribution in [0.15, 0.2) is 12.2 Å².